The van der Waals surface area contributed by atoms with Gasteiger partial charge in [-0.3, -0.25) is 9.80 Å². The van der Waals surface area contributed by atoms with Crippen LogP contribution in [0, 0.1) is 5.92 Å². The van der Waals surface area contributed by atoms with Gasteiger partial charge < -0.3 is 5.32 Å². The molecule has 2 rings (SSSR count). The van der Waals surface area contributed by atoms with E-state index in [1.807, 2.05) is 0 Å². The number of nitrogens with zero attached hydrogens (tertiary/aromatic N) is 2. The van der Waals surface area contributed by atoms with Gasteiger partial charge in [0.25, 0.3) is 0 Å². The minimum atomic E-state index is 0.693. The summed E-state index contributed by atoms with van der Waals surface area (Å²) in [6.45, 7) is 11.9. The highest BCUT2D eigenvalue weighted by atomic mass is 15.3. The molecule has 0 aromatic carbocycles. The van der Waals surface area contributed by atoms with Gasteiger partial charge in [0.15, 0.2) is 0 Å². The molecule has 19 heavy (non-hydrogen) atoms. The standard InChI is InChI=1S/C16H33N3/c1-13-6-5-7-16(10-13)17-8-9-19-11-14(2)18(4)15(3)12-19/h13-17H,5-12H2,1-4H3. The van der Waals surface area contributed by atoms with Crippen molar-refractivity contribution in [2.24, 2.45) is 5.92 Å². The quantitative estimate of drug-likeness (QED) is 0.842. The summed E-state index contributed by atoms with van der Waals surface area (Å²) in [4.78, 5) is 5.14. The summed E-state index contributed by atoms with van der Waals surface area (Å²) >= 11 is 0. The molecule has 3 nitrogen and oxygen atoms in total. The van der Waals surface area contributed by atoms with E-state index >= 15 is 0 Å². The first-order valence-electron chi connectivity index (χ1n) is 8.24. The molecule has 0 amide bonds. The third-order valence-electron chi connectivity index (χ3n) is 5.23. The van der Waals surface area contributed by atoms with E-state index in [9.17, 15) is 0 Å². The van der Waals surface area contributed by atoms with Crippen molar-refractivity contribution < 1.29 is 0 Å². The highest BCUT2D eigenvalue weighted by Gasteiger charge is 2.26. The van der Waals surface area contributed by atoms with Crippen LogP contribution in [0.3, 0.4) is 0 Å². The summed E-state index contributed by atoms with van der Waals surface area (Å²) in [5, 5.41) is 3.78. The molecule has 0 bridgehead atoms. The average Bonchev–Trinajstić information content (AvgIpc) is 2.36. The van der Waals surface area contributed by atoms with E-state index in [4.69, 9.17) is 0 Å². The average molecular weight is 267 g/mol. The molecule has 1 saturated carbocycles. The highest BCUT2D eigenvalue weighted by Crippen LogP contribution is 2.23. The summed E-state index contributed by atoms with van der Waals surface area (Å²) in [6.07, 6.45) is 5.63. The van der Waals surface area contributed by atoms with Gasteiger partial charge in [-0.2, -0.15) is 0 Å². The third-order valence-corrected chi connectivity index (χ3v) is 5.23. The van der Waals surface area contributed by atoms with Gasteiger partial charge in [-0.15, -0.1) is 0 Å². The number of hydrogen-bond acceptors (Lipinski definition) is 3. The van der Waals surface area contributed by atoms with Crippen molar-refractivity contribution in [3.05, 3.63) is 0 Å². The van der Waals surface area contributed by atoms with Crippen LogP contribution in [0.4, 0.5) is 0 Å². The van der Waals surface area contributed by atoms with Gasteiger partial charge in [0.1, 0.15) is 0 Å². The van der Waals surface area contributed by atoms with Gasteiger partial charge in [0.05, 0.1) is 0 Å². The van der Waals surface area contributed by atoms with Crippen LogP contribution in [-0.2, 0) is 0 Å². The zero-order valence-corrected chi connectivity index (χ0v) is 13.4. The highest BCUT2D eigenvalue weighted by molar-refractivity contribution is 4.83. The van der Waals surface area contributed by atoms with Crippen LogP contribution in [0.5, 0.6) is 0 Å². The largest absolute Gasteiger partial charge is 0.313 e. The first-order valence-corrected chi connectivity index (χ1v) is 8.24. The Labute approximate surface area is 119 Å². The number of hydrogen-bond donors (Lipinski definition) is 1. The Morgan fingerprint density at radius 3 is 2.37 bits per heavy atom. The molecule has 0 aromatic heterocycles. The molecule has 1 N–H and O–H groups in total. The van der Waals surface area contributed by atoms with Crippen LogP contribution in [0.25, 0.3) is 0 Å². The molecule has 3 heteroatoms. The lowest BCUT2D eigenvalue weighted by Gasteiger charge is -2.42. The second-order valence-corrected chi connectivity index (χ2v) is 7.05. The molecule has 4 atom stereocenters. The predicted octanol–water partition coefficient (Wildman–Crippen LogP) is 2.18. The second kappa shape index (κ2) is 7.05. The van der Waals surface area contributed by atoms with E-state index in [1.165, 1.54) is 51.9 Å². The molecule has 112 valence electrons. The summed E-state index contributed by atoms with van der Waals surface area (Å²) in [7, 11) is 2.26. The minimum absolute atomic E-state index is 0.693. The lowest BCUT2D eigenvalue weighted by atomic mass is 9.87. The fraction of sp³-hybridized carbons (Fsp3) is 1.00. The molecular formula is C16H33N3. The minimum Gasteiger partial charge on any atom is -0.313 e. The first kappa shape index (κ1) is 15.3. The fourth-order valence-electron chi connectivity index (χ4n) is 3.74. The van der Waals surface area contributed by atoms with Crippen LogP contribution in [0.2, 0.25) is 0 Å². The third kappa shape index (κ3) is 4.44. The molecule has 1 heterocycles. The zero-order valence-electron chi connectivity index (χ0n) is 13.4. The summed E-state index contributed by atoms with van der Waals surface area (Å²) < 4.78 is 0. The van der Waals surface area contributed by atoms with Gasteiger partial charge in [-0.05, 0) is 39.7 Å². The van der Waals surface area contributed by atoms with E-state index < -0.39 is 0 Å². The molecule has 1 aliphatic carbocycles. The van der Waals surface area contributed by atoms with Crippen molar-refractivity contribution in [2.45, 2.75) is 64.6 Å². The normalized spacial score (nSPS) is 38.5. The maximum Gasteiger partial charge on any atom is 0.0195 e. The van der Waals surface area contributed by atoms with Crippen molar-refractivity contribution in [3.8, 4) is 0 Å². The lowest BCUT2D eigenvalue weighted by molar-refractivity contribution is 0.0599. The Morgan fingerprint density at radius 2 is 1.74 bits per heavy atom. The Bertz CT molecular complexity index is 257. The summed E-state index contributed by atoms with van der Waals surface area (Å²) in [5.41, 5.74) is 0. The van der Waals surface area contributed by atoms with Crippen molar-refractivity contribution >= 4 is 0 Å². The number of piperazine rings is 1. The van der Waals surface area contributed by atoms with E-state index in [0.29, 0.717) is 12.1 Å². The monoisotopic (exact) mass is 267 g/mol. The van der Waals surface area contributed by atoms with Crippen molar-refractivity contribution in [2.75, 3.05) is 33.2 Å². The van der Waals surface area contributed by atoms with Gasteiger partial charge >= 0.3 is 0 Å². The zero-order chi connectivity index (χ0) is 13.8. The number of rotatable bonds is 4. The van der Waals surface area contributed by atoms with Crippen LogP contribution in [0.15, 0.2) is 0 Å². The molecule has 0 spiro atoms. The van der Waals surface area contributed by atoms with Crippen molar-refractivity contribution in [3.63, 3.8) is 0 Å². The Hall–Kier alpha value is -0.120. The molecule has 1 aliphatic heterocycles. The van der Waals surface area contributed by atoms with Gasteiger partial charge in [0, 0.05) is 44.3 Å². The fourth-order valence-corrected chi connectivity index (χ4v) is 3.74. The summed E-state index contributed by atoms with van der Waals surface area (Å²) in [5.74, 6) is 0.926. The Morgan fingerprint density at radius 1 is 1.05 bits per heavy atom. The van der Waals surface area contributed by atoms with E-state index in [0.717, 1.165) is 12.0 Å². The Balaban J connectivity index is 1.65. The SMILES string of the molecule is CC1CCCC(NCCN2CC(C)N(C)C(C)C2)C1. The molecule has 0 radical (unpaired) electrons. The van der Waals surface area contributed by atoms with E-state index in [2.05, 4.69) is 42.9 Å². The van der Waals surface area contributed by atoms with E-state index in [-0.39, 0.29) is 0 Å². The van der Waals surface area contributed by atoms with Crippen LogP contribution < -0.4 is 5.32 Å². The van der Waals surface area contributed by atoms with Crippen LogP contribution >= 0.6 is 0 Å². The lowest BCUT2D eigenvalue weighted by Crippen LogP contribution is -2.56. The van der Waals surface area contributed by atoms with Crippen LogP contribution in [0.1, 0.15) is 46.5 Å². The molecule has 2 aliphatic rings. The molecule has 1 saturated heterocycles. The maximum absolute atomic E-state index is 3.78. The molecule has 4 unspecified atom stereocenters. The van der Waals surface area contributed by atoms with Gasteiger partial charge in [0.2, 0.25) is 0 Å². The first-order chi connectivity index (χ1) is 9.06. The smallest absolute Gasteiger partial charge is 0.0195 e. The second-order valence-electron chi connectivity index (χ2n) is 7.05. The topological polar surface area (TPSA) is 18.5 Å². The maximum atomic E-state index is 3.78. The summed E-state index contributed by atoms with van der Waals surface area (Å²) in [6, 6.07) is 2.17. The molecule has 2 fully saturated rings. The van der Waals surface area contributed by atoms with Crippen molar-refractivity contribution in [1.29, 1.82) is 0 Å². The molecule has 0 aromatic rings. The van der Waals surface area contributed by atoms with E-state index in [1.54, 1.807) is 0 Å². The molecular weight excluding hydrogens is 234 g/mol. The van der Waals surface area contributed by atoms with Crippen molar-refractivity contribution in [1.82, 2.24) is 15.1 Å². The number of nitrogens with one attached hydrogen (secondary N) is 1. The van der Waals surface area contributed by atoms with Gasteiger partial charge in [-0.25, -0.2) is 0 Å². The predicted molar refractivity (Wildman–Crippen MR) is 82.5 cm³/mol. The van der Waals surface area contributed by atoms with Crippen LogP contribution in [-0.4, -0.2) is 61.2 Å². The van der Waals surface area contributed by atoms with Gasteiger partial charge in [-0.1, -0.05) is 19.8 Å². The Kier molecular flexibility index (Phi) is 5.67. The number of likely N-dealkylation sites (N-methyl/N-ethyl adjacent to an activating group) is 1.